The summed E-state index contributed by atoms with van der Waals surface area (Å²) >= 11 is 0. The lowest BCUT2D eigenvalue weighted by molar-refractivity contribution is -0.120. The highest BCUT2D eigenvalue weighted by Gasteiger charge is 2.06. The molecule has 5 N–H and O–H groups in total. The predicted octanol–water partition coefficient (Wildman–Crippen LogP) is 0.590. The summed E-state index contributed by atoms with van der Waals surface area (Å²) in [6.45, 7) is 2.61. The van der Waals surface area contributed by atoms with Gasteiger partial charge in [0.05, 0.1) is 13.2 Å². The Hall–Kier alpha value is -2.12. The van der Waals surface area contributed by atoms with Gasteiger partial charge in [-0.3, -0.25) is 4.79 Å². The third kappa shape index (κ3) is 6.73. The van der Waals surface area contributed by atoms with E-state index in [2.05, 4.69) is 16.0 Å². The van der Waals surface area contributed by atoms with E-state index in [1.807, 2.05) is 19.1 Å². The average Bonchev–Trinajstić information content (AvgIpc) is 2.45. The van der Waals surface area contributed by atoms with Gasteiger partial charge in [0.15, 0.2) is 0 Å². The Labute approximate surface area is 124 Å². The first-order valence-electron chi connectivity index (χ1n) is 6.69. The van der Waals surface area contributed by atoms with E-state index in [-0.39, 0.29) is 18.5 Å². The standard InChI is InChI=1S/C14H22N4O3/c1-10(15)11-4-3-5-12(8-11)18-14(20)17-9-13(19)16-6-7-21-2/h3-5,8,10H,6-7,9,15H2,1-2H3,(H,16,19)(H2,17,18,20). The van der Waals surface area contributed by atoms with E-state index in [9.17, 15) is 9.59 Å². The van der Waals surface area contributed by atoms with Crippen LogP contribution in [0, 0.1) is 0 Å². The number of carbonyl (C=O) groups excluding carboxylic acids is 2. The summed E-state index contributed by atoms with van der Waals surface area (Å²) in [7, 11) is 1.55. The molecule has 116 valence electrons. The van der Waals surface area contributed by atoms with Crippen molar-refractivity contribution in [3.05, 3.63) is 29.8 Å². The lowest BCUT2D eigenvalue weighted by Crippen LogP contribution is -2.39. The number of amides is 3. The number of benzene rings is 1. The Morgan fingerprint density at radius 2 is 2.10 bits per heavy atom. The third-order valence-corrected chi connectivity index (χ3v) is 2.71. The molecule has 0 spiro atoms. The first-order valence-corrected chi connectivity index (χ1v) is 6.69. The van der Waals surface area contributed by atoms with Crippen LogP contribution in [0.25, 0.3) is 0 Å². The molecule has 21 heavy (non-hydrogen) atoms. The van der Waals surface area contributed by atoms with Crippen LogP contribution < -0.4 is 21.7 Å². The van der Waals surface area contributed by atoms with E-state index in [4.69, 9.17) is 10.5 Å². The molecular formula is C14H22N4O3. The number of hydrogen-bond acceptors (Lipinski definition) is 4. The van der Waals surface area contributed by atoms with Crippen molar-refractivity contribution in [1.29, 1.82) is 0 Å². The largest absolute Gasteiger partial charge is 0.383 e. The zero-order chi connectivity index (χ0) is 15.7. The highest BCUT2D eigenvalue weighted by molar-refractivity contribution is 5.92. The summed E-state index contributed by atoms with van der Waals surface area (Å²) in [5.74, 6) is -0.272. The molecule has 1 rings (SSSR count). The smallest absolute Gasteiger partial charge is 0.319 e. The SMILES string of the molecule is COCCNC(=O)CNC(=O)Nc1cccc(C(C)N)c1. The van der Waals surface area contributed by atoms with Crippen LogP contribution in [0.4, 0.5) is 10.5 Å². The Morgan fingerprint density at radius 1 is 1.33 bits per heavy atom. The highest BCUT2D eigenvalue weighted by atomic mass is 16.5. The molecule has 7 heteroatoms. The molecule has 7 nitrogen and oxygen atoms in total. The van der Waals surface area contributed by atoms with E-state index < -0.39 is 6.03 Å². The maximum absolute atomic E-state index is 11.7. The van der Waals surface area contributed by atoms with Crippen molar-refractivity contribution in [1.82, 2.24) is 10.6 Å². The zero-order valence-corrected chi connectivity index (χ0v) is 12.3. The van der Waals surface area contributed by atoms with Crippen molar-refractivity contribution < 1.29 is 14.3 Å². The summed E-state index contributed by atoms with van der Waals surface area (Å²) < 4.78 is 4.80. The third-order valence-electron chi connectivity index (χ3n) is 2.71. The maximum Gasteiger partial charge on any atom is 0.319 e. The fourth-order valence-corrected chi connectivity index (χ4v) is 1.59. The lowest BCUT2D eigenvalue weighted by Gasteiger charge is -2.10. The summed E-state index contributed by atoms with van der Waals surface area (Å²) in [4.78, 5) is 23.1. The number of carbonyl (C=O) groups is 2. The molecule has 0 radical (unpaired) electrons. The van der Waals surface area contributed by atoms with Crippen molar-refractivity contribution in [3.8, 4) is 0 Å². The van der Waals surface area contributed by atoms with Gasteiger partial charge in [-0.15, -0.1) is 0 Å². The second kappa shape index (κ2) is 8.93. The summed E-state index contributed by atoms with van der Waals surface area (Å²) in [6, 6.07) is 6.69. The molecule has 0 bridgehead atoms. The molecule has 0 aliphatic rings. The molecule has 3 amide bonds. The van der Waals surface area contributed by atoms with E-state index in [1.54, 1.807) is 19.2 Å². The van der Waals surface area contributed by atoms with Gasteiger partial charge in [-0.2, -0.15) is 0 Å². The second-order valence-corrected chi connectivity index (χ2v) is 4.56. The Bertz CT molecular complexity index is 477. The number of rotatable bonds is 7. The number of methoxy groups -OCH3 is 1. The molecule has 0 heterocycles. The van der Waals surface area contributed by atoms with Crippen molar-refractivity contribution in [2.75, 3.05) is 32.1 Å². The molecule has 1 aromatic rings. The molecule has 1 unspecified atom stereocenters. The van der Waals surface area contributed by atoms with Gasteiger partial charge in [0, 0.05) is 25.4 Å². The number of urea groups is 1. The van der Waals surface area contributed by atoms with Crippen LogP contribution in [0.3, 0.4) is 0 Å². The van der Waals surface area contributed by atoms with Crippen LogP contribution in [0.1, 0.15) is 18.5 Å². The molecular weight excluding hydrogens is 272 g/mol. The second-order valence-electron chi connectivity index (χ2n) is 4.56. The Balaban J connectivity index is 2.36. The molecule has 0 fully saturated rings. The first-order chi connectivity index (χ1) is 10.0. The quantitative estimate of drug-likeness (QED) is 0.552. The van der Waals surface area contributed by atoms with Crippen LogP contribution >= 0.6 is 0 Å². The molecule has 0 saturated heterocycles. The van der Waals surface area contributed by atoms with Crippen LogP contribution in [-0.2, 0) is 9.53 Å². The van der Waals surface area contributed by atoms with Crippen LogP contribution in [0.5, 0.6) is 0 Å². The van der Waals surface area contributed by atoms with Gasteiger partial charge in [0.2, 0.25) is 5.91 Å². The van der Waals surface area contributed by atoms with Gasteiger partial charge in [0.25, 0.3) is 0 Å². The van der Waals surface area contributed by atoms with Gasteiger partial charge in [-0.05, 0) is 24.6 Å². The van der Waals surface area contributed by atoms with Crippen LogP contribution in [0.2, 0.25) is 0 Å². The number of anilines is 1. The van der Waals surface area contributed by atoms with Gasteiger partial charge in [-0.25, -0.2) is 4.79 Å². The lowest BCUT2D eigenvalue weighted by atomic mass is 10.1. The Kier molecular flexibility index (Phi) is 7.20. The molecule has 0 aliphatic carbocycles. The molecule has 0 aromatic heterocycles. The fraction of sp³-hybridized carbons (Fsp3) is 0.429. The number of ether oxygens (including phenoxy) is 1. The van der Waals surface area contributed by atoms with Gasteiger partial charge < -0.3 is 26.4 Å². The minimum Gasteiger partial charge on any atom is -0.383 e. The molecule has 0 saturated carbocycles. The van der Waals surface area contributed by atoms with Crippen LogP contribution in [-0.4, -0.2) is 38.7 Å². The van der Waals surface area contributed by atoms with Gasteiger partial charge in [-0.1, -0.05) is 12.1 Å². The molecule has 1 aromatic carbocycles. The van der Waals surface area contributed by atoms with Crippen molar-refractivity contribution >= 4 is 17.6 Å². The number of nitrogens with one attached hydrogen (secondary N) is 3. The molecule has 0 aliphatic heterocycles. The summed E-state index contributed by atoms with van der Waals surface area (Å²) in [5.41, 5.74) is 7.33. The van der Waals surface area contributed by atoms with Crippen molar-refractivity contribution in [2.24, 2.45) is 5.73 Å². The topological polar surface area (TPSA) is 105 Å². The van der Waals surface area contributed by atoms with E-state index >= 15 is 0 Å². The highest BCUT2D eigenvalue weighted by Crippen LogP contribution is 2.15. The van der Waals surface area contributed by atoms with E-state index in [0.29, 0.717) is 18.8 Å². The van der Waals surface area contributed by atoms with Gasteiger partial charge in [0.1, 0.15) is 0 Å². The van der Waals surface area contributed by atoms with Crippen molar-refractivity contribution in [2.45, 2.75) is 13.0 Å². The summed E-state index contributed by atoms with van der Waals surface area (Å²) in [6.07, 6.45) is 0. The fourth-order valence-electron chi connectivity index (χ4n) is 1.59. The van der Waals surface area contributed by atoms with Crippen molar-refractivity contribution in [3.63, 3.8) is 0 Å². The predicted molar refractivity (Wildman–Crippen MR) is 81.0 cm³/mol. The van der Waals surface area contributed by atoms with E-state index in [0.717, 1.165) is 5.56 Å². The van der Waals surface area contributed by atoms with Gasteiger partial charge >= 0.3 is 6.03 Å². The maximum atomic E-state index is 11.7. The first kappa shape index (κ1) is 16.9. The monoisotopic (exact) mass is 294 g/mol. The van der Waals surface area contributed by atoms with E-state index in [1.165, 1.54) is 0 Å². The average molecular weight is 294 g/mol. The Morgan fingerprint density at radius 3 is 2.76 bits per heavy atom. The summed E-state index contributed by atoms with van der Waals surface area (Å²) in [5, 5.41) is 7.73. The normalized spacial score (nSPS) is 11.6. The molecule has 1 atom stereocenters. The number of nitrogens with two attached hydrogens (primary N) is 1. The van der Waals surface area contributed by atoms with Crippen LogP contribution in [0.15, 0.2) is 24.3 Å². The zero-order valence-electron chi connectivity index (χ0n) is 12.3. The minimum absolute atomic E-state index is 0.0947. The number of hydrogen-bond donors (Lipinski definition) is 4. The minimum atomic E-state index is -0.446.